The van der Waals surface area contributed by atoms with Gasteiger partial charge in [-0.1, -0.05) is 6.58 Å². The monoisotopic (exact) mass is 196 g/mol. The Morgan fingerprint density at radius 2 is 2.50 bits per heavy atom. The molecule has 0 aliphatic heterocycles. The van der Waals surface area contributed by atoms with Crippen molar-refractivity contribution in [1.29, 1.82) is 0 Å². The zero-order valence-electron chi connectivity index (χ0n) is 7.95. The van der Waals surface area contributed by atoms with Gasteiger partial charge < -0.3 is 4.74 Å². The molecule has 5 nitrogen and oxygen atoms in total. The van der Waals surface area contributed by atoms with Crippen LogP contribution in [0.15, 0.2) is 23.5 Å². The maximum atomic E-state index is 11.2. The van der Waals surface area contributed by atoms with Crippen molar-refractivity contribution in [3.8, 4) is 0 Å². The van der Waals surface area contributed by atoms with Gasteiger partial charge in [0.2, 0.25) is 0 Å². The summed E-state index contributed by atoms with van der Waals surface area (Å²) in [5.74, 6) is -0.485. The summed E-state index contributed by atoms with van der Waals surface area (Å²) < 4.78 is 6.10. The van der Waals surface area contributed by atoms with Crippen LogP contribution in [0.5, 0.6) is 0 Å². The number of hydrogen-bond acceptors (Lipinski definition) is 3. The number of esters is 1. The standard InChI is InChI=1S/C9H12N2O3/c1-3-9(13)14-5-4-11-8(12)6-7(2)10-11/h3,6,10H,1,4-5H2,2H3. The molecular formula is C9H12N2O3. The fourth-order valence-electron chi connectivity index (χ4n) is 1.03. The lowest BCUT2D eigenvalue weighted by Crippen LogP contribution is -2.19. The Hall–Kier alpha value is -1.78. The summed E-state index contributed by atoms with van der Waals surface area (Å²) in [6.45, 7) is 5.53. The second kappa shape index (κ2) is 4.45. The van der Waals surface area contributed by atoms with Crippen LogP contribution in [0, 0.1) is 6.92 Å². The van der Waals surface area contributed by atoms with E-state index in [0.717, 1.165) is 11.8 Å². The van der Waals surface area contributed by atoms with Crippen LogP contribution >= 0.6 is 0 Å². The van der Waals surface area contributed by atoms with E-state index in [1.54, 1.807) is 6.92 Å². The molecule has 0 bridgehead atoms. The highest BCUT2D eigenvalue weighted by Gasteiger charge is 2.00. The van der Waals surface area contributed by atoms with Gasteiger partial charge in [-0.2, -0.15) is 0 Å². The van der Waals surface area contributed by atoms with Crippen LogP contribution in [0.3, 0.4) is 0 Å². The maximum absolute atomic E-state index is 11.2. The van der Waals surface area contributed by atoms with E-state index in [9.17, 15) is 9.59 Å². The van der Waals surface area contributed by atoms with E-state index in [-0.39, 0.29) is 12.2 Å². The minimum Gasteiger partial charge on any atom is -0.461 e. The number of aromatic amines is 1. The Balaban J connectivity index is 2.46. The molecule has 0 spiro atoms. The maximum Gasteiger partial charge on any atom is 0.330 e. The van der Waals surface area contributed by atoms with Gasteiger partial charge >= 0.3 is 5.97 Å². The molecule has 0 atom stereocenters. The van der Waals surface area contributed by atoms with Crippen LogP contribution in [-0.2, 0) is 16.1 Å². The molecule has 0 amide bonds. The van der Waals surface area contributed by atoms with Gasteiger partial charge in [-0.05, 0) is 6.92 Å². The third-order valence-corrected chi connectivity index (χ3v) is 1.64. The van der Waals surface area contributed by atoms with Gasteiger partial charge in [0.1, 0.15) is 6.61 Å². The van der Waals surface area contributed by atoms with Crippen molar-refractivity contribution in [2.45, 2.75) is 13.5 Å². The predicted octanol–water partition coefficient (Wildman–Crippen LogP) is 0.214. The number of nitrogens with one attached hydrogen (secondary N) is 1. The van der Waals surface area contributed by atoms with Gasteiger partial charge in [0.25, 0.3) is 5.56 Å². The molecule has 1 aromatic rings. The van der Waals surface area contributed by atoms with Crippen LogP contribution < -0.4 is 5.56 Å². The third-order valence-electron chi connectivity index (χ3n) is 1.64. The van der Waals surface area contributed by atoms with E-state index in [4.69, 9.17) is 4.74 Å². The zero-order chi connectivity index (χ0) is 10.6. The largest absolute Gasteiger partial charge is 0.461 e. The molecule has 0 saturated carbocycles. The molecule has 0 aliphatic carbocycles. The topological polar surface area (TPSA) is 64.1 Å². The normalized spacial score (nSPS) is 9.79. The third kappa shape index (κ3) is 2.62. The Labute approximate surface area is 81.0 Å². The number of carbonyl (C=O) groups is 1. The molecule has 1 heterocycles. The number of aryl methyl sites for hydroxylation is 1. The van der Waals surface area contributed by atoms with E-state index < -0.39 is 5.97 Å². The molecule has 0 fully saturated rings. The van der Waals surface area contributed by atoms with Crippen molar-refractivity contribution in [2.24, 2.45) is 0 Å². The van der Waals surface area contributed by atoms with Crippen LogP contribution in [0.2, 0.25) is 0 Å². The number of carbonyl (C=O) groups excluding carboxylic acids is 1. The van der Waals surface area contributed by atoms with Crippen molar-refractivity contribution >= 4 is 5.97 Å². The Morgan fingerprint density at radius 1 is 1.79 bits per heavy atom. The fraction of sp³-hybridized carbons (Fsp3) is 0.333. The number of nitrogens with zero attached hydrogens (tertiary/aromatic N) is 1. The highest BCUT2D eigenvalue weighted by molar-refractivity contribution is 5.81. The van der Waals surface area contributed by atoms with Crippen LogP contribution in [0.4, 0.5) is 0 Å². The molecule has 0 unspecified atom stereocenters. The van der Waals surface area contributed by atoms with E-state index in [0.29, 0.717) is 6.54 Å². The summed E-state index contributed by atoms with van der Waals surface area (Å²) in [7, 11) is 0. The van der Waals surface area contributed by atoms with Crippen molar-refractivity contribution in [3.05, 3.63) is 34.8 Å². The lowest BCUT2D eigenvalue weighted by molar-refractivity contribution is -0.138. The highest BCUT2D eigenvalue weighted by atomic mass is 16.5. The van der Waals surface area contributed by atoms with E-state index in [1.807, 2.05) is 0 Å². The molecule has 1 N–H and O–H groups in total. The molecule has 5 heteroatoms. The summed E-state index contributed by atoms with van der Waals surface area (Å²) >= 11 is 0. The first-order valence-corrected chi connectivity index (χ1v) is 4.19. The average Bonchev–Trinajstić information content (AvgIpc) is 2.45. The molecule has 0 aromatic carbocycles. The van der Waals surface area contributed by atoms with E-state index >= 15 is 0 Å². The zero-order valence-corrected chi connectivity index (χ0v) is 7.95. The van der Waals surface area contributed by atoms with Gasteiger partial charge in [-0.15, -0.1) is 0 Å². The number of rotatable bonds is 4. The lowest BCUT2D eigenvalue weighted by atomic mass is 10.5. The number of aromatic nitrogens is 2. The highest BCUT2D eigenvalue weighted by Crippen LogP contribution is 1.87. The fourth-order valence-corrected chi connectivity index (χ4v) is 1.03. The lowest BCUT2D eigenvalue weighted by Gasteiger charge is -2.02. The Morgan fingerprint density at radius 3 is 3.00 bits per heavy atom. The quantitative estimate of drug-likeness (QED) is 0.553. The van der Waals surface area contributed by atoms with Gasteiger partial charge in [-0.25, -0.2) is 9.48 Å². The summed E-state index contributed by atoms with van der Waals surface area (Å²) in [4.78, 5) is 21.8. The van der Waals surface area contributed by atoms with E-state index in [1.165, 1.54) is 10.7 Å². The number of ether oxygens (including phenoxy) is 1. The summed E-state index contributed by atoms with van der Waals surface area (Å²) in [6.07, 6.45) is 1.09. The van der Waals surface area contributed by atoms with E-state index in [2.05, 4.69) is 11.7 Å². The summed E-state index contributed by atoms with van der Waals surface area (Å²) in [5, 5.41) is 2.82. The molecular weight excluding hydrogens is 184 g/mol. The van der Waals surface area contributed by atoms with Crippen molar-refractivity contribution in [2.75, 3.05) is 6.61 Å². The molecule has 76 valence electrons. The number of hydrogen-bond donors (Lipinski definition) is 1. The number of H-pyrrole nitrogens is 1. The first-order chi connectivity index (χ1) is 6.63. The molecule has 1 aromatic heterocycles. The smallest absolute Gasteiger partial charge is 0.330 e. The van der Waals surface area contributed by atoms with Gasteiger partial charge in [0, 0.05) is 17.8 Å². The molecule has 0 radical (unpaired) electrons. The first kappa shape index (κ1) is 10.3. The minimum absolute atomic E-state index is 0.128. The second-order valence-electron chi connectivity index (χ2n) is 2.80. The Kier molecular flexibility index (Phi) is 3.28. The van der Waals surface area contributed by atoms with Gasteiger partial charge in [-0.3, -0.25) is 9.89 Å². The van der Waals surface area contributed by atoms with Gasteiger partial charge in [0.15, 0.2) is 0 Å². The molecule has 0 saturated heterocycles. The minimum atomic E-state index is -0.485. The molecule has 1 rings (SSSR count). The summed E-state index contributed by atoms with van der Waals surface area (Å²) in [5.41, 5.74) is 0.655. The summed E-state index contributed by atoms with van der Waals surface area (Å²) in [6, 6.07) is 1.48. The SMILES string of the molecule is C=CC(=O)OCCn1[nH]c(C)cc1=O. The van der Waals surface area contributed by atoms with Gasteiger partial charge in [0.05, 0.1) is 6.54 Å². The van der Waals surface area contributed by atoms with Crippen molar-refractivity contribution in [1.82, 2.24) is 9.78 Å². The van der Waals surface area contributed by atoms with Crippen molar-refractivity contribution < 1.29 is 9.53 Å². The first-order valence-electron chi connectivity index (χ1n) is 4.19. The van der Waals surface area contributed by atoms with Crippen LogP contribution in [0.25, 0.3) is 0 Å². The van der Waals surface area contributed by atoms with Crippen molar-refractivity contribution in [3.63, 3.8) is 0 Å². The molecule has 0 aliphatic rings. The van der Waals surface area contributed by atoms with Crippen LogP contribution in [0.1, 0.15) is 5.69 Å². The average molecular weight is 196 g/mol. The molecule has 14 heavy (non-hydrogen) atoms. The second-order valence-corrected chi connectivity index (χ2v) is 2.80. The Bertz CT molecular complexity index is 389. The van der Waals surface area contributed by atoms with Crippen LogP contribution in [-0.4, -0.2) is 22.4 Å². The predicted molar refractivity (Wildman–Crippen MR) is 50.9 cm³/mol.